The number of rotatable bonds is 5. The van der Waals surface area contributed by atoms with Crippen molar-refractivity contribution >= 4 is 22.4 Å². The third-order valence-electron chi connectivity index (χ3n) is 4.71. The van der Waals surface area contributed by atoms with Crippen molar-refractivity contribution in [3.63, 3.8) is 0 Å². The first-order chi connectivity index (χ1) is 11.2. The van der Waals surface area contributed by atoms with Crippen molar-refractivity contribution in [3.05, 3.63) is 35.1 Å². The second-order valence-electron chi connectivity index (χ2n) is 6.50. The van der Waals surface area contributed by atoms with Gasteiger partial charge in [0, 0.05) is 36.8 Å². The van der Waals surface area contributed by atoms with Crippen molar-refractivity contribution in [2.24, 2.45) is 0 Å². The average molecular weight is 330 g/mol. The third-order valence-corrected chi connectivity index (χ3v) is 5.60. The predicted molar refractivity (Wildman–Crippen MR) is 91.5 cm³/mol. The summed E-state index contributed by atoms with van der Waals surface area (Å²) in [6.07, 6.45) is 6.62. The quantitative estimate of drug-likeness (QED) is 0.915. The van der Waals surface area contributed by atoms with Crippen LogP contribution in [0.1, 0.15) is 50.0 Å². The molecule has 2 aromatic rings. The van der Waals surface area contributed by atoms with E-state index < -0.39 is 0 Å². The molecule has 1 saturated heterocycles. The van der Waals surface area contributed by atoms with E-state index >= 15 is 0 Å². The van der Waals surface area contributed by atoms with E-state index in [2.05, 4.69) is 27.4 Å². The third kappa shape index (κ3) is 3.05. The molecule has 23 heavy (non-hydrogen) atoms. The van der Waals surface area contributed by atoms with Gasteiger partial charge < -0.3 is 4.98 Å². The van der Waals surface area contributed by atoms with Crippen LogP contribution >= 0.6 is 11.3 Å². The highest BCUT2D eigenvalue weighted by molar-refractivity contribution is 7.14. The first kappa shape index (κ1) is 14.9. The Morgan fingerprint density at radius 3 is 3.04 bits per heavy atom. The molecule has 3 heterocycles. The molecule has 5 nitrogen and oxygen atoms in total. The van der Waals surface area contributed by atoms with Crippen LogP contribution in [0.5, 0.6) is 0 Å². The molecule has 6 heteroatoms. The largest absolute Gasteiger partial charge is 0.364 e. The maximum absolute atomic E-state index is 11.9. The number of hydrogen-bond donors (Lipinski definition) is 1. The molecule has 1 atom stereocenters. The van der Waals surface area contributed by atoms with Crippen LogP contribution in [-0.2, 0) is 11.3 Å². The Hall–Kier alpha value is -1.66. The van der Waals surface area contributed by atoms with Gasteiger partial charge in [-0.3, -0.25) is 14.6 Å². The van der Waals surface area contributed by atoms with Crippen LogP contribution in [0, 0.1) is 0 Å². The van der Waals surface area contributed by atoms with E-state index in [4.69, 9.17) is 4.98 Å². The highest BCUT2D eigenvalue weighted by atomic mass is 32.1. The van der Waals surface area contributed by atoms with Crippen LogP contribution in [0.15, 0.2) is 23.7 Å². The van der Waals surface area contributed by atoms with Crippen molar-refractivity contribution < 1.29 is 4.79 Å². The number of aromatic nitrogens is 2. The van der Waals surface area contributed by atoms with E-state index in [1.165, 1.54) is 18.5 Å². The molecule has 1 aliphatic heterocycles. The van der Waals surface area contributed by atoms with Crippen LogP contribution in [0.3, 0.4) is 0 Å². The van der Waals surface area contributed by atoms with Crippen molar-refractivity contribution in [2.75, 3.05) is 11.4 Å². The summed E-state index contributed by atoms with van der Waals surface area (Å²) in [7, 11) is 0. The van der Waals surface area contributed by atoms with Gasteiger partial charge in [0.1, 0.15) is 0 Å². The maximum Gasteiger partial charge on any atom is 0.225 e. The molecule has 122 valence electrons. The van der Waals surface area contributed by atoms with Crippen LogP contribution in [0.4, 0.5) is 5.13 Å². The number of hydrogen-bond acceptors (Lipinski definition) is 4. The number of aromatic amines is 1. The van der Waals surface area contributed by atoms with Crippen LogP contribution in [-0.4, -0.2) is 33.4 Å². The number of nitrogens with one attached hydrogen (secondary N) is 1. The Labute approximate surface area is 140 Å². The molecule has 4 rings (SSSR count). The van der Waals surface area contributed by atoms with Gasteiger partial charge in [0.05, 0.1) is 11.7 Å². The van der Waals surface area contributed by atoms with Crippen molar-refractivity contribution in [1.29, 1.82) is 0 Å². The first-order valence-electron chi connectivity index (χ1n) is 8.34. The fourth-order valence-electron chi connectivity index (χ4n) is 3.49. The summed E-state index contributed by atoms with van der Waals surface area (Å²) in [5, 5.41) is 2.98. The van der Waals surface area contributed by atoms with E-state index in [0.717, 1.165) is 36.8 Å². The molecule has 2 aliphatic rings. The van der Waals surface area contributed by atoms with Gasteiger partial charge in [-0.05, 0) is 44.4 Å². The Bertz CT molecular complexity index is 677. The van der Waals surface area contributed by atoms with E-state index in [9.17, 15) is 4.79 Å². The van der Waals surface area contributed by atoms with Gasteiger partial charge in [-0.2, -0.15) is 0 Å². The lowest BCUT2D eigenvalue weighted by Gasteiger charge is -2.22. The lowest BCUT2D eigenvalue weighted by molar-refractivity contribution is -0.116. The molecule has 2 aromatic heterocycles. The Kier molecular flexibility index (Phi) is 3.95. The Morgan fingerprint density at radius 2 is 2.35 bits per heavy atom. The summed E-state index contributed by atoms with van der Waals surface area (Å²) in [6, 6.07) is 5.07. The van der Waals surface area contributed by atoms with Crippen molar-refractivity contribution in [1.82, 2.24) is 14.9 Å². The topological polar surface area (TPSA) is 52.2 Å². The van der Waals surface area contributed by atoms with E-state index in [-0.39, 0.29) is 5.91 Å². The summed E-state index contributed by atoms with van der Waals surface area (Å²) in [5.74, 6) is 0.110. The standard InChI is InChI=1S/C17H22N4OS/c1-12(22)21(14-6-7-14)17-19-13(11-23-17)10-20-9-3-5-16(20)15-4-2-8-18-15/h2,4,8,11,14,16,18H,3,5-7,9-10H2,1H3. The van der Waals surface area contributed by atoms with E-state index in [1.54, 1.807) is 18.3 Å². The summed E-state index contributed by atoms with van der Waals surface area (Å²) in [4.78, 5) is 24.3. The highest BCUT2D eigenvalue weighted by Gasteiger charge is 2.34. The van der Waals surface area contributed by atoms with Gasteiger partial charge in [-0.1, -0.05) is 0 Å². The number of likely N-dealkylation sites (tertiary alicyclic amines) is 1. The van der Waals surface area contributed by atoms with Gasteiger partial charge >= 0.3 is 0 Å². The molecule has 1 N–H and O–H groups in total. The van der Waals surface area contributed by atoms with Gasteiger partial charge in [-0.15, -0.1) is 11.3 Å². The molecule has 0 aromatic carbocycles. The van der Waals surface area contributed by atoms with Crippen LogP contribution in [0.25, 0.3) is 0 Å². The minimum Gasteiger partial charge on any atom is -0.364 e. The van der Waals surface area contributed by atoms with Crippen LogP contribution in [0.2, 0.25) is 0 Å². The van der Waals surface area contributed by atoms with Gasteiger partial charge in [0.2, 0.25) is 5.91 Å². The molecular weight excluding hydrogens is 308 g/mol. The second-order valence-corrected chi connectivity index (χ2v) is 7.33. The van der Waals surface area contributed by atoms with Gasteiger partial charge in [-0.25, -0.2) is 4.98 Å². The minimum absolute atomic E-state index is 0.110. The zero-order valence-electron chi connectivity index (χ0n) is 13.4. The summed E-state index contributed by atoms with van der Waals surface area (Å²) >= 11 is 1.60. The summed E-state index contributed by atoms with van der Waals surface area (Å²) < 4.78 is 0. The monoisotopic (exact) mass is 330 g/mol. The van der Waals surface area contributed by atoms with Gasteiger partial charge in [0.25, 0.3) is 0 Å². The number of carbonyl (C=O) groups is 1. The molecule has 1 unspecified atom stereocenters. The number of thiazole rings is 1. The van der Waals surface area contributed by atoms with Gasteiger partial charge in [0.15, 0.2) is 5.13 Å². The number of nitrogens with zero attached hydrogens (tertiary/aromatic N) is 3. The molecule has 1 saturated carbocycles. The SMILES string of the molecule is CC(=O)N(c1nc(CN2CCCC2c2ccc[nH]2)cs1)C1CC1. The minimum atomic E-state index is 0.110. The van der Waals surface area contributed by atoms with Crippen molar-refractivity contribution in [3.8, 4) is 0 Å². The second kappa shape index (κ2) is 6.09. The lowest BCUT2D eigenvalue weighted by atomic mass is 10.1. The zero-order chi connectivity index (χ0) is 15.8. The maximum atomic E-state index is 11.9. The summed E-state index contributed by atoms with van der Waals surface area (Å²) in [5.41, 5.74) is 2.37. The molecule has 0 radical (unpaired) electrons. The molecule has 0 spiro atoms. The molecule has 0 bridgehead atoms. The molecular formula is C17H22N4OS. The molecule has 2 fully saturated rings. The van der Waals surface area contributed by atoms with Crippen LogP contribution < -0.4 is 4.90 Å². The lowest BCUT2D eigenvalue weighted by Crippen LogP contribution is -2.30. The number of anilines is 1. The number of carbonyl (C=O) groups excluding carboxylic acids is 1. The van der Waals surface area contributed by atoms with E-state index in [1.807, 2.05) is 11.1 Å². The Balaban J connectivity index is 1.48. The average Bonchev–Trinajstić information content (AvgIpc) is 2.97. The first-order valence-corrected chi connectivity index (χ1v) is 9.22. The summed E-state index contributed by atoms with van der Waals surface area (Å²) in [6.45, 7) is 3.60. The zero-order valence-corrected chi connectivity index (χ0v) is 14.2. The predicted octanol–water partition coefficient (Wildman–Crippen LogP) is 3.32. The fraction of sp³-hybridized carbons (Fsp3) is 0.529. The number of amides is 1. The Morgan fingerprint density at radius 1 is 1.48 bits per heavy atom. The fourth-order valence-corrected chi connectivity index (χ4v) is 4.42. The smallest absolute Gasteiger partial charge is 0.225 e. The molecule has 1 aliphatic carbocycles. The van der Waals surface area contributed by atoms with E-state index in [0.29, 0.717) is 12.1 Å². The number of H-pyrrole nitrogens is 1. The van der Waals surface area contributed by atoms with Crippen molar-refractivity contribution in [2.45, 2.75) is 51.2 Å². The normalized spacial score (nSPS) is 21.7. The molecule has 1 amide bonds. The highest BCUT2D eigenvalue weighted by Crippen LogP contribution is 2.35.